The largest absolute Gasteiger partial charge is 0.351 e. The molecule has 130 valence electrons. The van der Waals surface area contributed by atoms with Crippen LogP contribution in [0.25, 0.3) is 16.6 Å². The van der Waals surface area contributed by atoms with Crippen LogP contribution in [0.15, 0.2) is 64.0 Å². The molecule has 3 N–H and O–H groups in total. The molecular weight excluding hydrogens is 396 g/mol. The molecule has 0 bridgehead atoms. The Morgan fingerprint density at radius 1 is 1.15 bits per heavy atom. The van der Waals surface area contributed by atoms with Crippen LogP contribution in [0.4, 0.5) is 5.69 Å². The van der Waals surface area contributed by atoms with Gasteiger partial charge in [0.25, 0.3) is 5.91 Å². The minimum absolute atomic E-state index is 0.216. The first-order valence-corrected chi connectivity index (χ1v) is 8.78. The number of aromatic nitrogens is 3. The highest BCUT2D eigenvalue weighted by atomic mass is 79.9. The van der Waals surface area contributed by atoms with Gasteiger partial charge in [-0.3, -0.25) is 9.36 Å². The topological polar surface area (TPSA) is 82.7 Å². The molecule has 2 heterocycles. The number of hydrogen-bond donors (Lipinski definition) is 3. The van der Waals surface area contributed by atoms with E-state index in [0.29, 0.717) is 17.1 Å². The number of nitrogens with zero attached hydrogens (tertiary/aromatic N) is 1. The van der Waals surface area contributed by atoms with Crippen molar-refractivity contribution in [1.82, 2.24) is 14.5 Å². The third-order valence-electron chi connectivity index (χ3n) is 4.15. The van der Waals surface area contributed by atoms with E-state index in [1.54, 1.807) is 35.0 Å². The maximum absolute atomic E-state index is 12.6. The molecule has 0 radical (unpaired) electrons. The van der Waals surface area contributed by atoms with Gasteiger partial charge >= 0.3 is 5.69 Å². The van der Waals surface area contributed by atoms with Crippen LogP contribution in [0.2, 0.25) is 0 Å². The van der Waals surface area contributed by atoms with Crippen molar-refractivity contribution in [2.45, 2.75) is 6.92 Å². The number of nitrogens with one attached hydrogen (secondary N) is 3. The summed E-state index contributed by atoms with van der Waals surface area (Å²) in [7, 11) is 0. The lowest BCUT2D eigenvalue weighted by Crippen LogP contribution is -2.17. The molecule has 0 unspecified atom stereocenters. The van der Waals surface area contributed by atoms with Crippen LogP contribution >= 0.6 is 15.9 Å². The van der Waals surface area contributed by atoms with Crippen molar-refractivity contribution in [3.8, 4) is 5.69 Å². The normalized spacial score (nSPS) is 11.0. The fourth-order valence-electron chi connectivity index (χ4n) is 2.92. The number of aromatic amines is 2. The van der Waals surface area contributed by atoms with E-state index < -0.39 is 0 Å². The molecule has 4 aromatic rings. The van der Waals surface area contributed by atoms with Gasteiger partial charge in [-0.15, -0.1) is 0 Å². The zero-order valence-electron chi connectivity index (χ0n) is 13.8. The van der Waals surface area contributed by atoms with Gasteiger partial charge in [-0.1, -0.05) is 22.0 Å². The van der Waals surface area contributed by atoms with E-state index in [2.05, 4.69) is 31.2 Å². The minimum atomic E-state index is -0.243. The van der Waals surface area contributed by atoms with Crippen molar-refractivity contribution in [2.75, 3.05) is 5.32 Å². The fraction of sp³-hybridized carbons (Fsp3) is 0.0526. The lowest BCUT2D eigenvalue weighted by Gasteiger charge is -2.08. The van der Waals surface area contributed by atoms with Gasteiger partial charge in [-0.2, -0.15) is 0 Å². The zero-order chi connectivity index (χ0) is 18.3. The van der Waals surface area contributed by atoms with E-state index in [1.807, 2.05) is 31.2 Å². The Morgan fingerprint density at radius 2 is 2.00 bits per heavy atom. The number of fused-ring (bicyclic) bond motifs is 1. The zero-order valence-corrected chi connectivity index (χ0v) is 15.4. The molecule has 0 spiro atoms. The predicted octanol–water partition coefficient (Wildman–Crippen LogP) is 3.97. The maximum atomic E-state index is 12.6. The molecule has 2 aromatic carbocycles. The van der Waals surface area contributed by atoms with E-state index in [-0.39, 0.29) is 11.6 Å². The van der Waals surface area contributed by atoms with Crippen molar-refractivity contribution >= 4 is 38.4 Å². The molecule has 0 fully saturated rings. The van der Waals surface area contributed by atoms with Gasteiger partial charge < -0.3 is 15.3 Å². The molecule has 1 amide bonds. The summed E-state index contributed by atoms with van der Waals surface area (Å²) in [6.45, 7) is 1.84. The molecule has 7 heteroatoms. The number of aryl methyl sites for hydroxylation is 1. The summed E-state index contributed by atoms with van der Waals surface area (Å²) >= 11 is 3.43. The van der Waals surface area contributed by atoms with Gasteiger partial charge in [0.15, 0.2) is 0 Å². The Hall–Kier alpha value is -3.06. The van der Waals surface area contributed by atoms with Gasteiger partial charge in [0.05, 0.1) is 5.69 Å². The standard InChI is InChI=1S/C19H15BrN4O2/c1-11-10-21-19(26)24(11)15-4-2-3-14(9-15)22-18(25)17-8-12-7-13(20)5-6-16(12)23-17/h2-10,23H,1H3,(H,21,26)(H,22,25). The first-order chi connectivity index (χ1) is 12.5. The molecule has 0 atom stereocenters. The van der Waals surface area contributed by atoms with Crippen LogP contribution in [0.1, 0.15) is 16.2 Å². The number of carbonyl (C=O) groups excluding carboxylic acids is 1. The maximum Gasteiger partial charge on any atom is 0.330 e. The van der Waals surface area contributed by atoms with Gasteiger partial charge in [-0.25, -0.2) is 4.79 Å². The molecule has 0 aliphatic carbocycles. The van der Waals surface area contributed by atoms with Crippen molar-refractivity contribution in [3.05, 3.63) is 81.1 Å². The lowest BCUT2D eigenvalue weighted by molar-refractivity contribution is 0.102. The molecule has 6 nitrogen and oxygen atoms in total. The number of benzene rings is 2. The second-order valence-electron chi connectivity index (χ2n) is 5.99. The number of H-pyrrole nitrogens is 2. The molecule has 0 aliphatic rings. The molecular formula is C19H15BrN4O2. The summed E-state index contributed by atoms with van der Waals surface area (Å²) in [5.74, 6) is -0.243. The molecule has 0 aliphatic heterocycles. The first kappa shape index (κ1) is 16.4. The van der Waals surface area contributed by atoms with Crippen LogP contribution in [-0.4, -0.2) is 20.4 Å². The van der Waals surface area contributed by atoms with Crippen LogP contribution in [0, 0.1) is 6.92 Å². The van der Waals surface area contributed by atoms with Crippen molar-refractivity contribution in [3.63, 3.8) is 0 Å². The highest BCUT2D eigenvalue weighted by Gasteiger charge is 2.11. The molecule has 2 aromatic heterocycles. The van der Waals surface area contributed by atoms with Crippen molar-refractivity contribution in [1.29, 1.82) is 0 Å². The fourth-order valence-corrected chi connectivity index (χ4v) is 3.30. The third-order valence-corrected chi connectivity index (χ3v) is 4.64. The Labute approximate surface area is 157 Å². The van der Waals surface area contributed by atoms with Crippen LogP contribution in [0.3, 0.4) is 0 Å². The first-order valence-electron chi connectivity index (χ1n) is 7.98. The Bertz CT molecular complexity index is 1190. The Morgan fingerprint density at radius 3 is 2.77 bits per heavy atom. The summed E-state index contributed by atoms with van der Waals surface area (Å²) in [5.41, 5.74) is 3.24. The van der Waals surface area contributed by atoms with Crippen molar-refractivity contribution in [2.24, 2.45) is 0 Å². The third kappa shape index (κ3) is 2.97. The molecule has 26 heavy (non-hydrogen) atoms. The Balaban J connectivity index is 1.63. The lowest BCUT2D eigenvalue weighted by atomic mass is 10.2. The van der Waals surface area contributed by atoms with Gasteiger partial charge in [0.2, 0.25) is 0 Å². The van der Waals surface area contributed by atoms with Crippen LogP contribution in [-0.2, 0) is 0 Å². The van der Waals surface area contributed by atoms with Crippen molar-refractivity contribution < 1.29 is 4.79 Å². The smallest absolute Gasteiger partial charge is 0.330 e. The van der Waals surface area contributed by atoms with Gasteiger partial charge in [-0.05, 0) is 49.4 Å². The second kappa shape index (κ2) is 6.34. The Kier molecular flexibility index (Phi) is 4.00. The van der Waals surface area contributed by atoms with E-state index >= 15 is 0 Å². The predicted molar refractivity (Wildman–Crippen MR) is 105 cm³/mol. The molecule has 0 saturated heterocycles. The SMILES string of the molecule is Cc1c[nH]c(=O)n1-c1cccc(NC(=O)c2cc3cc(Br)ccc3[nH]2)c1. The summed E-state index contributed by atoms with van der Waals surface area (Å²) < 4.78 is 2.51. The number of amides is 1. The van der Waals surface area contributed by atoms with E-state index in [4.69, 9.17) is 0 Å². The van der Waals surface area contributed by atoms with E-state index in [1.165, 1.54) is 0 Å². The van der Waals surface area contributed by atoms with Crippen LogP contribution in [0.5, 0.6) is 0 Å². The van der Waals surface area contributed by atoms with E-state index in [0.717, 1.165) is 21.1 Å². The quantitative estimate of drug-likeness (QED) is 0.477. The monoisotopic (exact) mass is 410 g/mol. The second-order valence-corrected chi connectivity index (χ2v) is 6.91. The number of imidazole rings is 1. The van der Waals surface area contributed by atoms with Gasteiger partial charge in [0, 0.05) is 33.0 Å². The molecule has 0 saturated carbocycles. The highest BCUT2D eigenvalue weighted by Crippen LogP contribution is 2.21. The molecule has 4 rings (SSSR count). The number of hydrogen-bond acceptors (Lipinski definition) is 2. The van der Waals surface area contributed by atoms with Gasteiger partial charge in [0.1, 0.15) is 5.69 Å². The average Bonchev–Trinajstić information content (AvgIpc) is 3.18. The summed E-state index contributed by atoms with van der Waals surface area (Å²) in [4.78, 5) is 30.3. The number of halogens is 1. The number of anilines is 1. The summed E-state index contributed by atoms with van der Waals surface area (Å²) in [5, 5.41) is 3.82. The highest BCUT2D eigenvalue weighted by molar-refractivity contribution is 9.10. The summed E-state index contributed by atoms with van der Waals surface area (Å²) in [6, 6.07) is 14.8. The minimum Gasteiger partial charge on any atom is -0.351 e. The number of carbonyl (C=O) groups is 1. The summed E-state index contributed by atoms with van der Waals surface area (Å²) in [6.07, 6.45) is 1.65. The number of rotatable bonds is 3. The average molecular weight is 411 g/mol. The van der Waals surface area contributed by atoms with E-state index in [9.17, 15) is 9.59 Å². The van der Waals surface area contributed by atoms with Crippen LogP contribution < -0.4 is 11.0 Å².